The quantitative estimate of drug-likeness (QED) is 0.418. The minimum absolute atomic E-state index is 0.128. The number of benzene rings is 2. The van der Waals surface area contributed by atoms with Crippen LogP contribution in [0.3, 0.4) is 0 Å². The van der Waals surface area contributed by atoms with E-state index >= 15 is 4.39 Å². The van der Waals surface area contributed by atoms with Gasteiger partial charge >= 0.3 is 0 Å². The molecule has 0 aromatic heterocycles. The standard InChI is InChI=1S/C26H30F2O/c1-3-5-10-20(4-2)19-29-23-13-8-11-21(17-23)24-14-6-7-15-25(24)26(28)16-9-12-22(27)18-26/h6-9,11-15,17-18,20H,3-5,10,16,19H2,1-2H3. The van der Waals surface area contributed by atoms with Gasteiger partial charge in [-0.25, -0.2) is 8.78 Å². The first kappa shape index (κ1) is 21.3. The molecular formula is C26H30F2O. The zero-order valence-corrected chi connectivity index (χ0v) is 17.3. The van der Waals surface area contributed by atoms with Crippen LogP contribution in [0.4, 0.5) is 8.78 Å². The van der Waals surface area contributed by atoms with Crippen molar-refractivity contribution in [1.29, 1.82) is 0 Å². The molecule has 1 nitrogen and oxygen atoms in total. The fourth-order valence-electron chi connectivity index (χ4n) is 3.82. The second-order valence-electron chi connectivity index (χ2n) is 7.80. The van der Waals surface area contributed by atoms with E-state index in [0.717, 1.165) is 29.4 Å². The summed E-state index contributed by atoms with van der Waals surface area (Å²) < 4.78 is 35.5. The molecule has 0 heterocycles. The average Bonchev–Trinajstić information content (AvgIpc) is 2.74. The summed E-state index contributed by atoms with van der Waals surface area (Å²) in [6, 6.07) is 15.1. The molecule has 2 atom stereocenters. The highest BCUT2D eigenvalue weighted by Gasteiger charge is 2.33. The van der Waals surface area contributed by atoms with Gasteiger partial charge in [-0.1, -0.05) is 75.6 Å². The molecule has 1 aliphatic rings. The monoisotopic (exact) mass is 396 g/mol. The van der Waals surface area contributed by atoms with E-state index in [2.05, 4.69) is 13.8 Å². The van der Waals surface area contributed by atoms with Crippen molar-refractivity contribution in [3.8, 4) is 16.9 Å². The van der Waals surface area contributed by atoms with Crippen molar-refractivity contribution in [2.45, 2.75) is 51.6 Å². The lowest BCUT2D eigenvalue weighted by Crippen LogP contribution is -2.19. The predicted molar refractivity (Wildman–Crippen MR) is 116 cm³/mol. The highest BCUT2D eigenvalue weighted by molar-refractivity contribution is 5.70. The van der Waals surface area contributed by atoms with E-state index in [4.69, 9.17) is 4.74 Å². The van der Waals surface area contributed by atoms with Crippen molar-refractivity contribution in [2.75, 3.05) is 6.61 Å². The lowest BCUT2D eigenvalue weighted by Gasteiger charge is -2.26. The summed E-state index contributed by atoms with van der Waals surface area (Å²) in [5.74, 6) is 0.788. The van der Waals surface area contributed by atoms with Crippen LogP contribution in [-0.4, -0.2) is 6.61 Å². The van der Waals surface area contributed by atoms with E-state index in [1.165, 1.54) is 25.3 Å². The van der Waals surface area contributed by atoms with Crippen LogP contribution in [0.25, 0.3) is 11.1 Å². The zero-order valence-electron chi connectivity index (χ0n) is 17.3. The number of halogens is 2. The Hall–Kier alpha value is -2.42. The molecule has 0 amide bonds. The van der Waals surface area contributed by atoms with Gasteiger partial charge in [0.2, 0.25) is 0 Å². The van der Waals surface area contributed by atoms with Crippen molar-refractivity contribution in [3.05, 3.63) is 78.1 Å². The van der Waals surface area contributed by atoms with Gasteiger partial charge in [0, 0.05) is 12.0 Å². The molecule has 2 unspecified atom stereocenters. The van der Waals surface area contributed by atoms with Crippen molar-refractivity contribution in [2.24, 2.45) is 5.92 Å². The SMILES string of the molecule is CCCCC(CC)COc1cccc(-c2ccccc2C2(F)C=C(F)C=CC2)c1. The first-order valence-corrected chi connectivity index (χ1v) is 10.6. The van der Waals surface area contributed by atoms with Gasteiger partial charge in [0.05, 0.1) is 6.61 Å². The highest BCUT2D eigenvalue weighted by atomic mass is 19.1. The van der Waals surface area contributed by atoms with Crippen LogP contribution in [0.2, 0.25) is 0 Å². The van der Waals surface area contributed by atoms with Gasteiger partial charge in [0.25, 0.3) is 0 Å². The molecule has 0 N–H and O–H groups in total. The Morgan fingerprint density at radius 3 is 2.69 bits per heavy atom. The second-order valence-corrected chi connectivity index (χ2v) is 7.80. The normalized spacial score (nSPS) is 19.7. The summed E-state index contributed by atoms with van der Waals surface area (Å²) >= 11 is 0. The lowest BCUT2D eigenvalue weighted by atomic mass is 9.84. The minimum Gasteiger partial charge on any atom is -0.493 e. The number of hydrogen-bond acceptors (Lipinski definition) is 1. The third kappa shape index (κ3) is 5.35. The van der Waals surface area contributed by atoms with Crippen LogP contribution in [0.1, 0.15) is 51.5 Å². The maximum absolute atomic E-state index is 15.6. The van der Waals surface area contributed by atoms with E-state index in [1.54, 1.807) is 18.2 Å². The first-order valence-electron chi connectivity index (χ1n) is 10.6. The molecule has 0 aliphatic heterocycles. The number of unbranched alkanes of at least 4 members (excludes halogenated alkanes) is 1. The molecule has 2 aromatic carbocycles. The third-order valence-corrected chi connectivity index (χ3v) is 5.61. The maximum Gasteiger partial charge on any atom is 0.161 e. The summed E-state index contributed by atoms with van der Waals surface area (Å²) in [5.41, 5.74) is 0.267. The third-order valence-electron chi connectivity index (χ3n) is 5.61. The number of allylic oxidation sites excluding steroid dienone is 4. The number of ether oxygens (including phenoxy) is 1. The Bertz CT molecular complexity index is 871. The van der Waals surface area contributed by atoms with Crippen LogP contribution in [0, 0.1) is 5.92 Å². The van der Waals surface area contributed by atoms with Gasteiger partial charge in [0.15, 0.2) is 5.67 Å². The van der Waals surface area contributed by atoms with Gasteiger partial charge in [0.1, 0.15) is 11.6 Å². The van der Waals surface area contributed by atoms with Crippen molar-refractivity contribution < 1.29 is 13.5 Å². The predicted octanol–water partition coefficient (Wildman–Crippen LogP) is 7.93. The number of rotatable bonds is 9. The Morgan fingerprint density at radius 2 is 1.93 bits per heavy atom. The molecule has 3 heteroatoms. The molecule has 154 valence electrons. The summed E-state index contributed by atoms with van der Waals surface area (Å²) in [6.07, 6.45) is 8.74. The second kappa shape index (κ2) is 9.87. The Kier molecular flexibility index (Phi) is 7.24. The van der Waals surface area contributed by atoms with E-state index in [1.807, 2.05) is 36.4 Å². The molecule has 29 heavy (non-hydrogen) atoms. The fraction of sp³-hybridized carbons (Fsp3) is 0.385. The molecule has 0 spiro atoms. The molecule has 0 saturated heterocycles. The smallest absolute Gasteiger partial charge is 0.161 e. The molecule has 0 radical (unpaired) electrons. The highest BCUT2D eigenvalue weighted by Crippen LogP contribution is 2.41. The average molecular weight is 397 g/mol. The minimum atomic E-state index is -1.85. The van der Waals surface area contributed by atoms with Crippen LogP contribution < -0.4 is 4.74 Å². The zero-order chi connectivity index (χ0) is 20.7. The summed E-state index contributed by atoms with van der Waals surface area (Å²) in [4.78, 5) is 0. The van der Waals surface area contributed by atoms with Gasteiger partial charge in [-0.2, -0.15) is 0 Å². The van der Waals surface area contributed by atoms with E-state index < -0.39 is 11.5 Å². The first-order chi connectivity index (χ1) is 14.1. The van der Waals surface area contributed by atoms with E-state index in [0.29, 0.717) is 18.1 Å². The molecule has 0 bridgehead atoms. The number of alkyl halides is 1. The van der Waals surface area contributed by atoms with Crippen LogP contribution in [-0.2, 0) is 5.67 Å². The molecule has 3 rings (SSSR count). The molecule has 0 fully saturated rings. The fourth-order valence-corrected chi connectivity index (χ4v) is 3.82. The Morgan fingerprint density at radius 1 is 1.10 bits per heavy atom. The van der Waals surface area contributed by atoms with Crippen molar-refractivity contribution in [1.82, 2.24) is 0 Å². The molecule has 0 saturated carbocycles. The van der Waals surface area contributed by atoms with Crippen molar-refractivity contribution in [3.63, 3.8) is 0 Å². The summed E-state index contributed by atoms with van der Waals surface area (Å²) in [5, 5.41) is 0. The van der Waals surface area contributed by atoms with Crippen molar-refractivity contribution >= 4 is 0 Å². The molecule has 2 aromatic rings. The maximum atomic E-state index is 15.6. The summed E-state index contributed by atoms with van der Waals surface area (Å²) in [6.45, 7) is 5.09. The number of hydrogen-bond donors (Lipinski definition) is 0. The van der Waals surface area contributed by atoms with Gasteiger partial charge in [-0.3, -0.25) is 0 Å². The van der Waals surface area contributed by atoms with Crippen LogP contribution >= 0.6 is 0 Å². The Labute approximate surface area is 173 Å². The molecule has 1 aliphatic carbocycles. The lowest BCUT2D eigenvalue weighted by molar-refractivity contribution is 0.231. The van der Waals surface area contributed by atoms with Gasteiger partial charge < -0.3 is 4.74 Å². The van der Waals surface area contributed by atoms with E-state index in [9.17, 15) is 4.39 Å². The largest absolute Gasteiger partial charge is 0.493 e. The van der Waals surface area contributed by atoms with Crippen LogP contribution in [0.15, 0.2) is 72.6 Å². The topological polar surface area (TPSA) is 9.23 Å². The summed E-state index contributed by atoms with van der Waals surface area (Å²) in [7, 11) is 0. The van der Waals surface area contributed by atoms with E-state index in [-0.39, 0.29) is 6.42 Å². The molecular weight excluding hydrogens is 366 g/mol. The van der Waals surface area contributed by atoms with Gasteiger partial charge in [-0.05, 0) is 47.8 Å². The van der Waals surface area contributed by atoms with Crippen LogP contribution in [0.5, 0.6) is 5.75 Å². The Balaban J connectivity index is 1.84. The van der Waals surface area contributed by atoms with Gasteiger partial charge in [-0.15, -0.1) is 0 Å².